The number of amides is 1. The average Bonchev–Trinajstić information content (AvgIpc) is 2.81. The molecule has 1 aromatic carbocycles. The summed E-state index contributed by atoms with van der Waals surface area (Å²) in [4.78, 5) is 36.7. The van der Waals surface area contributed by atoms with Crippen molar-refractivity contribution in [1.29, 1.82) is 0 Å². The first-order valence-electron chi connectivity index (χ1n) is 8.40. The molecule has 142 valence electrons. The third kappa shape index (κ3) is 3.96. The number of methoxy groups -OCH3 is 1. The molecular formula is C18H17ClN2O5S. The second-order valence-corrected chi connectivity index (χ2v) is 7.67. The van der Waals surface area contributed by atoms with Crippen LogP contribution < -0.4 is 5.32 Å². The summed E-state index contributed by atoms with van der Waals surface area (Å²) >= 11 is 7.22. The van der Waals surface area contributed by atoms with E-state index in [9.17, 15) is 19.7 Å². The number of fused-ring (bicyclic) bond motifs is 1. The lowest BCUT2D eigenvalue weighted by atomic mass is 10.1. The molecule has 3 rings (SSSR count). The van der Waals surface area contributed by atoms with Gasteiger partial charge < -0.3 is 10.1 Å². The van der Waals surface area contributed by atoms with Crippen LogP contribution in [0.2, 0.25) is 5.02 Å². The summed E-state index contributed by atoms with van der Waals surface area (Å²) in [5, 5.41) is 14.4. The van der Waals surface area contributed by atoms with E-state index in [0.717, 1.165) is 42.5 Å². The van der Waals surface area contributed by atoms with Gasteiger partial charge in [-0.05, 0) is 43.4 Å². The third-order valence-corrected chi connectivity index (χ3v) is 5.88. The zero-order valence-corrected chi connectivity index (χ0v) is 16.1. The minimum atomic E-state index is -0.689. The molecule has 0 saturated heterocycles. The number of hydrogen-bond donors (Lipinski definition) is 1. The molecule has 0 bridgehead atoms. The highest BCUT2D eigenvalue weighted by atomic mass is 35.5. The van der Waals surface area contributed by atoms with Crippen molar-refractivity contribution in [3.05, 3.63) is 54.9 Å². The Hall–Kier alpha value is -2.45. The summed E-state index contributed by atoms with van der Waals surface area (Å²) in [5.41, 5.74) is 0.735. The number of rotatable bonds is 4. The lowest BCUT2D eigenvalue weighted by Crippen LogP contribution is -2.16. The Balaban J connectivity index is 2.01. The summed E-state index contributed by atoms with van der Waals surface area (Å²) in [6, 6.07) is 3.77. The van der Waals surface area contributed by atoms with Gasteiger partial charge in [-0.3, -0.25) is 14.9 Å². The molecule has 1 aliphatic rings. The summed E-state index contributed by atoms with van der Waals surface area (Å²) in [6.07, 6.45) is 4.63. The number of hydrogen-bond acceptors (Lipinski definition) is 6. The maximum atomic E-state index is 12.7. The van der Waals surface area contributed by atoms with E-state index in [2.05, 4.69) is 5.32 Å². The van der Waals surface area contributed by atoms with Gasteiger partial charge in [0.25, 0.3) is 11.6 Å². The van der Waals surface area contributed by atoms with E-state index >= 15 is 0 Å². The van der Waals surface area contributed by atoms with Crippen molar-refractivity contribution < 1.29 is 19.2 Å². The third-order valence-electron chi connectivity index (χ3n) is 4.44. The Morgan fingerprint density at radius 3 is 2.70 bits per heavy atom. The highest BCUT2D eigenvalue weighted by Gasteiger charge is 2.28. The van der Waals surface area contributed by atoms with Crippen LogP contribution in [0.1, 0.15) is 50.4 Å². The highest BCUT2D eigenvalue weighted by molar-refractivity contribution is 7.17. The van der Waals surface area contributed by atoms with E-state index < -0.39 is 16.8 Å². The van der Waals surface area contributed by atoms with Gasteiger partial charge in [0.2, 0.25) is 0 Å². The van der Waals surface area contributed by atoms with Crippen molar-refractivity contribution in [2.45, 2.75) is 32.1 Å². The van der Waals surface area contributed by atoms with Gasteiger partial charge in [-0.2, -0.15) is 0 Å². The van der Waals surface area contributed by atoms with Crippen LogP contribution in [-0.4, -0.2) is 23.9 Å². The predicted octanol–water partition coefficient (Wildman–Crippen LogP) is 4.62. The number of nitro groups is 1. The number of anilines is 1. The molecule has 0 saturated carbocycles. The molecule has 0 fully saturated rings. The lowest BCUT2D eigenvalue weighted by Gasteiger charge is -2.08. The molecule has 9 heteroatoms. The first kappa shape index (κ1) is 19.3. The molecule has 0 atom stereocenters. The van der Waals surface area contributed by atoms with Crippen LogP contribution in [0.3, 0.4) is 0 Å². The number of nitrogens with zero attached hydrogens (tertiary/aromatic N) is 1. The van der Waals surface area contributed by atoms with E-state index in [1.54, 1.807) is 0 Å². The second kappa shape index (κ2) is 8.06. The van der Waals surface area contributed by atoms with Gasteiger partial charge in [0, 0.05) is 16.0 Å². The van der Waals surface area contributed by atoms with Crippen LogP contribution in [0.5, 0.6) is 0 Å². The van der Waals surface area contributed by atoms with E-state index in [-0.39, 0.29) is 16.3 Å². The molecule has 2 aromatic rings. The van der Waals surface area contributed by atoms with E-state index in [1.165, 1.54) is 36.6 Å². The van der Waals surface area contributed by atoms with Gasteiger partial charge in [0.15, 0.2) is 0 Å². The molecule has 0 unspecified atom stereocenters. The first-order valence-corrected chi connectivity index (χ1v) is 9.60. The Bertz CT molecular complexity index is 925. The normalized spacial score (nSPS) is 13.4. The Kier molecular flexibility index (Phi) is 5.76. The number of thiophene rings is 1. The SMILES string of the molecule is COC(=O)c1c(NC(=O)c2cc(Cl)ccc2[N+](=O)[O-])sc2c1CCCCC2. The highest BCUT2D eigenvalue weighted by Crippen LogP contribution is 2.38. The summed E-state index contributed by atoms with van der Waals surface area (Å²) in [5.74, 6) is -1.21. The monoisotopic (exact) mass is 408 g/mol. The van der Waals surface area contributed by atoms with Gasteiger partial charge in [-0.25, -0.2) is 4.79 Å². The van der Waals surface area contributed by atoms with Gasteiger partial charge in [0.05, 0.1) is 17.6 Å². The van der Waals surface area contributed by atoms with Crippen LogP contribution in [0, 0.1) is 10.1 Å². The summed E-state index contributed by atoms with van der Waals surface area (Å²) in [6.45, 7) is 0. The van der Waals surface area contributed by atoms with Gasteiger partial charge in [-0.15, -0.1) is 11.3 Å². The molecule has 1 heterocycles. The maximum absolute atomic E-state index is 12.7. The minimum absolute atomic E-state index is 0.160. The Labute approximate surface area is 164 Å². The van der Waals surface area contributed by atoms with E-state index in [1.807, 2.05) is 0 Å². The second-order valence-electron chi connectivity index (χ2n) is 6.13. The van der Waals surface area contributed by atoms with Crippen molar-refractivity contribution in [1.82, 2.24) is 0 Å². The summed E-state index contributed by atoms with van der Waals surface area (Å²) in [7, 11) is 1.29. The fraction of sp³-hybridized carbons (Fsp3) is 0.333. The van der Waals surface area contributed by atoms with Gasteiger partial charge in [-0.1, -0.05) is 18.0 Å². The van der Waals surface area contributed by atoms with Crippen LogP contribution in [0.25, 0.3) is 0 Å². The Morgan fingerprint density at radius 2 is 2.00 bits per heavy atom. The molecular weight excluding hydrogens is 392 g/mol. The number of halogens is 1. The van der Waals surface area contributed by atoms with Gasteiger partial charge >= 0.3 is 5.97 Å². The van der Waals surface area contributed by atoms with Crippen molar-refractivity contribution >= 4 is 45.5 Å². The van der Waals surface area contributed by atoms with Crippen molar-refractivity contribution in [3.63, 3.8) is 0 Å². The quantitative estimate of drug-likeness (QED) is 0.344. The van der Waals surface area contributed by atoms with Crippen LogP contribution in [0.15, 0.2) is 18.2 Å². The van der Waals surface area contributed by atoms with Crippen LogP contribution in [0.4, 0.5) is 10.7 Å². The molecule has 0 aliphatic heterocycles. The number of nitro benzene ring substituents is 1. The Morgan fingerprint density at radius 1 is 1.26 bits per heavy atom. The number of nitrogens with one attached hydrogen (secondary N) is 1. The molecule has 27 heavy (non-hydrogen) atoms. The number of aryl methyl sites for hydroxylation is 1. The van der Waals surface area contributed by atoms with Gasteiger partial charge in [0.1, 0.15) is 10.6 Å². The number of carbonyl (C=O) groups is 2. The van der Waals surface area contributed by atoms with E-state index in [0.29, 0.717) is 10.6 Å². The minimum Gasteiger partial charge on any atom is -0.465 e. The fourth-order valence-electron chi connectivity index (χ4n) is 3.17. The van der Waals surface area contributed by atoms with Crippen molar-refractivity contribution in [3.8, 4) is 0 Å². The largest absolute Gasteiger partial charge is 0.465 e. The molecule has 0 radical (unpaired) electrons. The number of benzene rings is 1. The zero-order valence-electron chi connectivity index (χ0n) is 14.5. The zero-order chi connectivity index (χ0) is 19.6. The number of ether oxygens (including phenoxy) is 1. The van der Waals surface area contributed by atoms with E-state index in [4.69, 9.17) is 16.3 Å². The van der Waals surface area contributed by atoms with Crippen LogP contribution in [-0.2, 0) is 17.6 Å². The fourth-order valence-corrected chi connectivity index (χ4v) is 4.61. The predicted molar refractivity (Wildman–Crippen MR) is 103 cm³/mol. The smallest absolute Gasteiger partial charge is 0.341 e. The molecule has 1 N–H and O–H groups in total. The van der Waals surface area contributed by atoms with Crippen molar-refractivity contribution in [2.24, 2.45) is 0 Å². The molecule has 7 nitrogen and oxygen atoms in total. The number of esters is 1. The molecule has 1 aliphatic carbocycles. The van der Waals surface area contributed by atoms with Crippen LogP contribution >= 0.6 is 22.9 Å². The first-order chi connectivity index (χ1) is 12.9. The van der Waals surface area contributed by atoms with Crippen molar-refractivity contribution in [2.75, 3.05) is 12.4 Å². The molecule has 1 amide bonds. The maximum Gasteiger partial charge on any atom is 0.341 e. The average molecular weight is 409 g/mol. The summed E-state index contributed by atoms with van der Waals surface area (Å²) < 4.78 is 4.90. The number of carbonyl (C=O) groups excluding carboxylic acids is 2. The molecule has 0 spiro atoms. The lowest BCUT2D eigenvalue weighted by molar-refractivity contribution is -0.385. The standard InChI is InChI=1S/C18H17ClN2O5S/c1-26-18(23)15-11-5-3-2-4-6-14(11)27-17(15)20-16(22)12-9-10(19)7-8-13(12)21(24)25/h7-9H,2-6H2,1H3,(H,20,22). The topological polar surface area (TPSA) is 98.5 Å². The molecule has 1 aromatic heterocycles.